The number of alkyl halides is 3. The number of benzene rings is 3. The summed E-state index contributed by atoms with van der Waals surface area (Å²) in [6.07, 6.45) is -4.14. The highest BCUT2D eigenvalue weighted by Gasteiger charge is 2.34. The summed E-state index contributed by atoms with van der Waals surface area (Å²) in [4.78, 5) is 27.3. The summed E-state index contributed by atoms with van der Waals surface area (Å²) in [5, 5.41) is 9.66. The Morgan fingerprint density at radius 3 is 2.58 bits per heavy atom. The van der Waals surface area contributed by atoms with E-state index in [1.807, 2.05) is 0 Å². The second-order valence-electron chi connectivity index (χ2n) is 8.83. The van der Waals surface area contributed by atoms with Gasteiger partial charge in [-0.25, -0.2) is 9.18 Å². The molecule has 11 heteroatoms. The van der Waals surface area contributed by atoms with Crippen LogP contribution in [-0.2, 0) is 23.9 Å². The first-order valence-electron chi connectivity index (χ1n) is 11.4. The second-order valence-corrected chi connectivity index (χ2v) is 10.3. The number of amides is 1. The van der Waals surface area contributed by atoms with E-state index in [9.17, 15) is 27.9 Å². The van der Waals surface area contributed by atoms with Crippen LogP contribution in [0.5, 0.6) is 0 Å². The van der Waals surface area contributed by atoms with Gasteiger partial charge in [0.2, 0.25) is 5.91 Å². The van der Waals surface area contributed by atoms with Crippen molar-refractivity contribution in [2.45, 2.75) is 35.9 Å². The Morgan fingerprint density at radius 1 is 1.11 bits per heavy atom. The smallest absolute Gasteiger partial charge is 0.416 e. The van der Waals surface area contributed by atoms with Crippen molar-refractivity contribution in [1.82, 2.24) is 4.57 Å². The van der Waals surface area contributed by atoms with Crippen molar-refractivity contribution >= 4 is 51.8 Å². The van der Waals surface area contributed by atoms with Crippen LogP contribution in [0.15, 0.2) is 64.4 Å². The van der Waals surface area contributed by atoms with Gasteiger partial charge >= 0.3 is 12.1 Å². The molecule has 0 fully saturated rings. The maximum Gasteiger partial charge on any atom is 0.416 e. The lowest BCUT2D eigenvalue weighted by atomic mass is 10.1. The molecule has 1 amide bonds. The molecular weight excluding hydrogens is 544 g/mol. The van der Waals surface area contributed by atoms with Gasteiger partial charge in [-0.15, -0.1) is 0 Å². The number of fused-ring (bicyclic) bond motifs is 2. The van der Waals surface area contributed by atoms with Crippen molar-refractivity contribution in [3.05, 3.63) is 87.8 Å². The number of hydrogen-bond acceptors (Lipinski definition) is 3. The molecule has 2 heterocycles. The minimum Gasteiger partial charge on any atom is -0.478 e. The lowest BCUT2D eigenvalue weighted by molar-refractivity contribution is -0.137. The van der Waals surface area contributed by atoms with Crippen LogP contribution < -0.4 is 4.90 Å². The van der Waals surface area contributed by atoms with Gasteiger partial charge in [0.15, 0.2) is 5.82 Å². The van der Waals surface area contributed by atoms with Crippen molar-refractivity contribution in [3.8, 4) is 0 Å². The van der Waals surface area contributed by atoms with E-state index < -0.39 is 29.4 Å². The summed E-state index contributed by atoms with van der Waals surface area (Å²) in [6.45, 7) is 1.58. The number of carbonyl (C=O) groups is 2. The van der Waals surface area contributed by atoms with Gasteiger partial charge in [-0.1, -0.05) is 35.5 Å². The third-order valence-corrected chi connectivity index (χ3v) is 8.02. The zero-order valence-electron chi connectivity index (χ0n) is 19.8. The summed E-state index contributed by atoms with van der Waals surface area (Å²) < 4.78 is 56.7. The maximum atomic E-state index is 15.3. The van der Waals surface area contributed by atoms with Gasteiger partial charge in [0.05, 0.1) is 21.7 Å². The van der Waals surface area contributed by atoms with Crippen molar-refractivity contribution in [2.75, 3.05) is 11.4 Å². The number of nitrogens with zero attached hydrogens (tertiary/aromatic N) is 2. The first kappa shape index (κ1) is 26.1. The largest absolute Gasteiger partial charge is 0.478 e. The average molecular weight is 563 g/mol. The van der Waals surface area contributed by atoms with E-state index in [0.29, 0.717) is 32.9 Å². The first-order valence-corrected chi connectivity index (χ1v) is 12.6. The normalized spacial score (nSPS) is 13.3. The molecule has 0 spiro atoms. The number of aromatic nitrogens is 1. The number of anilines is 1. The Bertz CT molecular complexity index is 1620. The van der Waals surface area contributed by atoms with Crippen LogP contribution in [0.2, 0.25) is 5.02 Å². The Morgan fingerprint density at radius 2 is 1.87 bits per heavy atom. The van der Waals surface area contributed by atoms with Crippen molar-refractivity contribution in [3.63, 3.8) is 0 Å². The van der Waals surface area contributed by atoms with Gasteiger partial charge in [-0.05, 0) is 61.4 Å². The van der Waals surface area contributed by atoms with Crippen LogP contribution in [0.25, 0.3) is 10.9 Å². The molecule has 0 bridgehead atoms. The number of halogens is 5. The highest BCUT2D eigenvalue weighted by atomic mass is 35.5. The minimum atomic E-state index is -4.55. The highest BCUT2D eigenvalue weighted by Crippen LogP contribution is 2.41. The molecule has 1 aliphatic heterocycles. The van der Waals surface area contributed by atoms with Gasteiger partial charge in [0, 0.05) is 33.1 Å². The molecule has 0 radical (unpaired) electrons. The van der Waals surface area contributed by atoms with E-state index in [4.69, 9.17) is 11.6 Å². The molecule has 196 valence electrons. The van der Waals surface area contributed by atoms with Gasteiger partial charge < -0.3 is 14.6 Å². The minimum absolute atomic E-state index is 0.0868. The Balaban J connectivity index is 1.55. The van der Waals surface area contributed by atoms with Crippen molar-refractivity contribution < 1.29 is 32.3 Å². The SMILES string of the molecule is Cc1c(Sc2cccc(C(=O)O)c2)c2ccc(Cl)c(F)c2n1CC(=O)N1CCc2ccc(C(F)(F)F)cc21. The monoisotopic (exact) mass is 562 g/mol. The number of aromatic carboxylic acids is 1. The number of hydrogen-bond donors (Lipinski definition) is 1. The fourth-order valence-corrected chi connectivity index (χ4v) is 5.90. The van der Waals surface area contributed by atoms with Gasteiger partial charge in [-0.3, -0.25) is 4.79 Å². The van der Waals surface area contributed by atoms with E-state index >= 15 is 4.39 Å². The molecule has 38 heavy (non-hydrogen) atoms. The third-order valence-electron chi connectivity index (χ3n) is 6.52. The molecule has 0 saturated heterocycles. The topological polar surface area (TPSA) is 62.5 Å². The molecule has 1 aromatic heterocycles. The number of carboxylic acid groups (broad SMARTS) is 1. The summed E-state index contributed by atoms with van der Waals surface area (Å²) in [6, 6.07) is 12.6. The molecule has 0 atom stereocenters. The van der Waals surface area contributed by atoms with E-state index in [-0.39, 0.29) is 34.9 Å². The molecule has 5 nitrogen and oxygen atoms in total. The molecule has 5 rings (SSSR count). The van der Waals surface area contributed by atoms with E-state index in [1.54, 1.807) is 25.1 Å². The van der Waals surface area contributed by atoms with Gasteiger partial charge in [-0.2, -0.15) is 13.2 Å². The first-order chi connectivity index (χ1) is 18.0. The van der Waals surface area contributed by atoms with Crippen LogP contribution in [-0.4, -0.2) is 28.1 Å². The summed E-state index contributed by atoms with van der Waals surface area (Å²) in [5.74, 6) is -2.31. The number of carboxylic acids is 1. The van der Waals surface area contributed by atoms with E-state index in [0.717, 1.165) is 12.1 Å². The van der Waals surface area contributed by atoms with Crippen LogP contribution in [0.1, 0.15) is 27.2 Å². The molecule has 4 aromatic rings. The molecule has 3 aromatic carbocycles. The fraction of sp³-hybridized carbons (Fsp3) is 0.185. The maximum absolute atomic E-state index is 15.3. The molecule has 0 unspecified atom stereocenters. The predicted molar refractivity (Wildman–Crippen MR) is 137 cm³/mol. The molecule has 0 saturated carbocycles. The van der Waals surface area contributed by atoms with Crippen molar-refractivity contribution in [1.29, 1.82) is 0 Å². The summed E-state index contributed by atoms with van der Waals surface area (Å²) >= 11 is 7.28. The van der Waals surface area contributed by atoms with Gasteiger partial charge in [0.1, 0.15) is 6.54 Å². The zero-order valence-corrected chi connectivity index (χ0v) is 21.3. The van der Waals surface area contributed by atoms with Crippen LogP contribution in [0.4, 0.5) is 23.2 Å². The molecule has 1 aliphatic rings. The number of rotatable bonds is 5. The lowest BCUT2D eigenvalue weighted by Gasteiger charge is -2.20. The fourth-order valence-electron chi connectivity index (χ4n) is 4.64. The Hall–Kier alpha value is -3.50. The zero-order chi connectivity index (χ0) is 27.4. The van der Waals surface area contributed by atoms with E-state index in [1.165, 1.54) is 45.5 Å². The Kier molecular flexibility index (Phi) is 6.65. The van der Waals surface area contributed by atoms with Crippen LogP contribution in [0, 0.1) is 12.7 Å². The van der Waals surface area contributed by atoms with Crippen LogP contribution in [0.3, 0.4) is 0 Å². The summed E-state index contributed by atoms with van der Waals surface area (Å²) in [5.41, 5.74) is 0.680. The lowest BCUT2D eigenvalue weighted by Crippen LogP contribution is -2.32. The second kappa shape index (κ2) is 9.67. The standard InChI is InChI=1S/C27H19ClF4N2O3S/c1-14-25(38-18-4-2-3-16(11-18)26(36)37)19-7-8-20(28)23(29)24(19)34(14)13-22(35)33-10-9-15-5-6-17(12-21(15)33)27(30,31)32/h2-8,11-12H,9-10,13H2,1H3,(H,36,37). The summed E-state index contributed by atoms with van der Waals surface area (Å²) in [7, 11) is 0. The third kappa shape index (κ3) is 4.63. The van der Waals surface area contributed by atoms with E-state index in [2.05, 4.69) is 0 Å². The van der Waals surface area contributed by atoms with Crippen molar-refractivity contribution in [2.24, 2.45) is 0 Å². The highest BCUT2D eigenvalue weighted by molar-refractivity contribution is 7.99. The Labute approximate surface area is 223 Å². The molecule has 1 N–H and O–H groups in total. The molecule has 0 aliphatic carbocycles. The average Bonchev–Trinajstić information content (AvgIpc) is 3.41. The predicted octanol–water partition coefficient (Wildman–Crippen LogP) is 7.20. The van der Waals surface area contributed by atoms with Crippen LogP contribution >= 0.6 is 23.4 Å². The van der Waals surface area contributed by atoms with Gasteiger partial charge in [0.25, 0.3) is 0 Å². The number of carbonyl (C=O) groups excluding carboxylic acids is 1. The quantitative estimate of drug-likeness (QED) is 0.261. The molecular formula is C27H19ClF4N2O3S.